The topological polar surface area (TPSA) is 32.3 Å². The van der Waals surface area contributed by atoms with Crippen LogP contribution in [-0.4, -0.2) is 47.1 Å². The Morgan fingerprint density at radius 1 is 0.793 bits per heavy atom. The van der Waals surface area contributed by atoms with Gasteiger partial charge in [0.15, 0.2) is 5.82 Å². The molecular weight excluding hydrogens is 363 g/mol. The van der Waals surface area contributed by atoms with E-state index in [9.17, 15) is 4.39 Å². The fourth-order valence-corrected chi connectivity index (χ4v) is 5.31. The lowest BCUT2D eigenvalue weighted by Gasteiger charge is -2.42. The quantitative estimate of drug-likeness (QED) is 0.761. The summed E-state index contributed by atoms with van der Waals surface area (Å²) in [5, 5.41) is 0. The highest BCUT2D eigenvalue weighted by atomic mass is 19.1. The largest absolute Gasteiger partial charge is 0.354 e. The number of benzene rings is 1. The van der Waals surface area contributed by atoms with Crippen LogP contribution in [0.5, 0.6) is 0 Å². The number of hydrogen-bond donors (Lipinski definition) is 0. The molecule has 0 bridgehead atoms. The molecule has 2 heterocycles. The van der Waals surface area contributed by atoms with Gasteiger partial charge in [-0.2, -0.15) is 0 Å². The van der Waals surface area contributed by atoms with Crippen LogP contribution >= 0.6 is 0 Å². The SMILES string of the molecule is Fc1ccc(-c2nc3c(c(N4CCN(C5CCCCC5)CC4)n2)CCCC3)cc1. The summed E-state index contributed by atoms with van der Waals surface area (Å²) in [5.41, 5.74) is 3.46. The number of hydrogen-bond acceptors (Lipinski definition) is 4. The molecule has 2 aliphatic carbocycles. The molecule has 0 amide bonds. The van der Waals surface area contributed by atoms with E-state index < -0.39 is 0 Å². The maximum absolute atomic E-state index is 13.4. The van der Waals surface area contributed by atoms with Gasteiger partial charge in [-0.15, -0.1) is 0 Å². The lowest BCUT2D eigenvalue weighted by Crippen LogP contribution is -2.51. The summed E-state index contributed by atoms with van der Waals surface area (Å²) in [6.07, 6.45) is 11.5. The highest BCUT2D eigenvalue weighted by Crippen LogP contribution is 2.32. The summed E-state index contributed by atoms with van der Waals surface area (Å²) in [7, 11) is 0. The molecular formula is C24H31FN4. The molecule has 0 radical (unpaired) electrons. The van der Waals surface area contributed by atoms with E-state index in [1.165, 1.54) is 68.3 Å². The van der Waals surface area contributed by atoms with Crippen molar-refractivity contribution in [3.8, 4) is 11.4 Å². The van der Waals surface area contributed by atoms with E-state index in [0.29, 0.717) is 0 Å². The zero-order chi connectivity index (χ0) is 19.6. The predicted octanol–water partition coefficient (Wildman–Crippen LogP) is 4.62. The zero-order valence-electron chi connectivity index (χ0n) is 17.2. The Bertz CT molecular complexity index is 837. The predicted molar refractivity (Wildman–Crippen MR) is 115 cm³/mol. The minimum Gasteiger partial charge on any atom is -0.354 e. The molecule has 4 nitrogen and oxygen atoms in total. The normalized spacial score (nSPS) is 21.2. The second-order valence-electron chi connectivity index (χ2n) is 8.82. The molecule has 5 heteroatoms. The fraction of sp³-hybridized carbons (Fsp3) is 0.583. The Labute approximate surface area is 173 Å². The maximum atomic E-state index is 13.4. The van der Waals surface area contributed by atoms with Crippen LogP contribution in [0, 0.1) is 5.82 Å². The van der Waals surface area contributed by atoms with Gasteiger partial charge >= 0.3 is 0 Å². The molecule has 29 heavy (non-hydrogen) atoms. The highest BCUT2D eigenvalue weighted by Gasteiger charge is 2.28. The Balaban J connectivity index is 1.40. The second kappa shape index (κ2) is 8.39. The van der Waals surface area contributed by atoms with E-state index in [0.717, 1.165) is 62.3 Å². The molecule has 154 valence electrons. The van der Waals surface area contributed by atoms with Gasteiger partial charge < -0.3 is 4.90 Å². The van der Waals surface area contributed by atoms with E-state index >= 15 is 0 Å². The van der Waals surface area contributed by atoms with Gasteiger partial charge in [-0.3, -0.25) is 4.90 Å². The van der Waals surface area contributed by atoms with E-state index in [1.807, 2.05) is 0 Å². The van der Waals surface area contributed by atoms with Crippen LogP contribution in [0.3, 0.4) is 0 Å². The summed E-state index contributed by atoms with van der Waals surface area (Å²) in [6.45, 7) is 4.36. The first-order valence-electron chi connectivity index (χ1n) is 11.4. The molecule has 1 aromatic heterocycles. The molecule has 5 rings (SSSR count). The van der Waals surface area contributed by atoms with Crippen molar-refractivity contribution < 1.29 is 4.39 Å². The van der Waals surface area contributed by atoms with Gasteiger partial charge in [0.25, 0.3) is 0 Å². The Morgan fingerprint density at radius 2 is 1.52 bits per heavy atom. The van der Waals surface area contributed by atoms with Crippen molar-refractivity contribution in [3.63, 3.8) is 0 Å². The van der Waals surface area contributed by atoms with Gasteiger partial charge in [-0.05, 0) is 62.8 Å². The Kier molecular flexibility index (Phi) is 5.49. The maximum Gasteiger partial charge on any atom is 0.161 e. The van der Waals surface area contributed by atoms with Gasteiger partial charge in [0, 0.05) is 49.0 Å². The average molecular weight is 395 g/mol. The number of anilines is 1. The number of fused-ring (bicyclic) bond motifs is 1. The van der Waals surface area contributed by atoms with Gasteiger partial charge in [0.05, 0.1) is 0 Å². The third-order valence-corrected chi connectivity index (χ3v) is 6.97. The molecule has 0 atom stereocenters. The molecule has 0 N–H and O–H groups in total. The Morgan fingerprint density at radius 3 is 2.28 bits per heavy atom. The highest BCUT2D eigenvalue weighted by molar-refractivity contribution is 5.61. The number of aromatic nitrogens is 2. The van der Waals surface area contributed by atoms with Crippen LogP contribution in [0.1, 0.15) is 56.2 Å². The van der Waals surface area contributed by atoms with Crippen molar-refractivity contribution in [1.82, 2.24) is 14.9 Å². The molecule has 0 unspecified atom stereocenters. The number of halogens is 1. The van der Waals surface area contributed by atoms with Crippen LogP contribution in [-0.2, 0) is 12.8 Å². The van der Waals surface area contributed by atoms with Crippen LogP contribution in [0.2, 0.25) is 0 Å². The summed E-state index contributed by atoms with van der Waals surface area (Å²) >= 11 is 0. The van der Waals surface area contributed by atoms with Gasteiger partial charge in [-0.1, -0.05) is 19.3 Å². The number of aryl methyl sites for hydroxylation is 1. The molecule has 1 saturated heterocycles. The smallest absolute Gasteiger partial charge is 0.161 e. The fourth-order valence-electron chi connectivity index (χ4n) is 5.31. The number of rotatable bonds is 3. The first kappa shape index (κ1) is 19.0. The minimum atomic E-state index is -0.217. The van der Waals surface area contributed by atoms with Crippen molar-refractivity contribution in [3.05, 3.63) is 41.3 Å². The third kappa shape index (κ3) is 4.02. The molecule has 1 saturated carbocycles. The van der Waals surface area contributed by atoms with Crippen molar-refractivity contribution in [2.75, 3.05) is 31.1 Å². The lowest BCUT2D eigenvalue weighted by atomic mass is 9.93. The summed E-state index contributed by atoms with van der Waals surface area (Å²) in [4.78, 5) is 15.1. The molecule has 1 aromatic carbocycles. The van der Waals surface area contributed by atoms with Crippen LogP contribution in [0.25, 0.3) is 11.4 Å². The summed E-state index contributed by atoms with van der Waals surface area (Å²) < 4.78 is 13.4. The summed E-state index contributed by atoms with van der Waals surface area (Å²) in [5.74, 6) is 1.67. The monoisotopic (exact) mass is 394 g/mol. The van der Waals surface area contributed by atoms with Crippen molar-refractivity contribution in [1.29, 1.82) is 0 Å². The average Bonchev–Trinajstić information content (AvgIpc) is 2.79. The van der Waals surface area contributed by atoms with Crippen LogP contribution in [0.4, 0.5) is 10.2 Å². The molecule has 2 aromatic rings. The molecule has 0 spiro atoms. The van der Waals surface area contributed by atoms with Crippen molar-refractivity contribution in [2.45, 2.75) is 63.8 Å². The van der Waals surface area contributed by atoms with E-state index in [2.05, 4.69) is 9.80 Å². The standard InChI is InChI=1S/C24H31FN4/c25-19-12-10-18(11-13-19)23-26-22-9-5-4-8-21(22)24(27-23)29-16-14-28(15-17-29)20-6-2-1-3-7-20/h10-13,20H,1-9,14-17H2. The molecule has 1 aliphatic heterocycles. The van der Waals surface area contributed by atoms with Gasteiger partial charge in [0.2, 0.25) is 0 Å². The van der Waals surface area contributed by atoms with E-state index in [4.69, 9.17) is 9.97 Å². The van der Waals surface area contributed by atoms with Crippen molar-refractivity contribution >= 4 is 5.82 Å². The Hall–Kier alpha value is -2.01. The van der Waals surface area contributed by atoms with Gasteiger partial charge in [0.1, 0.15) is 11.6 Å². The molecule has 3 aliphatic rings. The van der Waals surface area contributed by atoms with Crippen molar-refractivity contribution in [2.24, 2.45) is 0 Å². The van der Waals surface area contributed by atoms with Gasteiger partial charge in [-0.25, -0.2) is 14.4 Å². The number of nitrogens with zero attached hydrogens (tertiary/aromatic N) is 4. The van der Waals surface area contributed by atoms with E-state index in [1.54, 1.807) is 12.1 Å². The molecule has 2 fully saturated rings. The third-order valence-electron chi connectivity index (χ3n) is 6.97. The lowest BCUT2D eigenvalue weighted by molar-refractivity contribution is 0.147. The zero-order valence-corrected chi connectivity index (χ0v) is 17.2. The van der Waals surface area contributed by atoms with E-state index in [-0.39, 0.29) is 5.82 Å². The first-order chi connectivity index (χ1) is 14.3. The number of piperazine rings is 1. The van der Waals surface area contributed by atoms with Crippen LogP contribution < -0.4 is 4.90 Å². The van der Waals surface area contributed by atoms with Crippen LogP contribution in [0.15, 0.2) is 24.3 Å². The second-order valence-corrected chi connectivity index (χ2v) is 8.82. The first-order valence-corrected chi connectivity index (χ1v) is 11.4. The summed E-state index contributed by atoms with van der Waals surface area (Å²) in [6, 6.07) is 7.39. The minimum absolute atomic E-state index is 0.217.